The maximum Gasteiger partial charge on any atom is 0.271 e. The largest absolute Gasteiger partial charge is 0.387 e. The maximum atomic E-state index is 11.9. The number of carbonyl (C=O) groups is 1. The van der Waals surface area contributed by atoms with Crippen molar-refractivity contribution in [2.45, 2.75) is 6.10 Å². The fraction of sp³-hybridized carbons (Fsp3) is 0.154. The Morgan fingerprint density at radius 2 is 1.90 bits per heavy atom. The molecule has 1 aromatic carbocycles. The van der Waals surface area contributed by atoms with E-state index in [0.717, 1.165) is 0 Å². The van der Waals surface area contributed by atoms with Gasteiger partial charge in [-0.2, -0.15) is 0 Å². The third-order valence-electron chi connectivity index (χ3n) is 2.61. The Balaban J connectivity index is 2.02. The Morgan fingerprint density at radius 1 is 1.24 bits per heavy atom. The van der Waals surface area contributed by atoms with Gasteiger partial charge in [0.05, 0.1) is 11.1 Å². The zero-order valence-electron chi connectivity index (χ0n) is 10.6. The van der Waals surface area contributed by atoms with Crippen LogP contribution in [0, 0.1) is 0 Å². The second-order valence-electron chi connectivity index (χ2n) is 4.15. The van der Waals surface area contributed by atoms with Crippen molar-refractivity contribution >= 4 is 40.7 Å². The summed E-state index contributed by atoms with van der Waals surface area (Å²) in [6, 6.07) is 4.70. The van der Waals surface area contributed by atoms with E-state index in [1.165, 1.54) is 12.5 Å². The van der Waals surface area contributed by atoms with Gasteiger partial charge in [0.1, 0.15) is 12.0 Å². The summed E-state index contributed by atoms with van der Waals surface area (Å²) in [7, 11) is 0. The minimum Gasteiger partial charge on any atom is -0.387 e. The van der Waals surface area contributed by atoms with E-state index in [2.05, 4.69) is 15.3 Å². The number of aliphatic hydroxyl groups is 1. The topological polar surface area (TPSA) is 75.1 Å². The van der Waals surface area contributed by atoms with E-state index in [-0.39, 0.29) is 17.3 Å². The van der Waals surface area contributed by atoms with E-state index in [9.17, 15) is 9.90 Å². The van der Waals surface area contributed by atoms with Crippen LogP contribution < -0.4 is 5.32 Å². The lowest BCUT2D eigenvalue weighted by Gasteiger charge is -2.13. The average molecular weight is 347 g/mol. The lowest BCUT2D eigenvalue weighted by atomic mass is 10.1. The first-order valence-corrected chi connectivity index (χ1v) is 6.98. The molecule has 0 saturated carbocycles. The van der Waals surface area contributed by atoms with Gasteiger partial charge in [-0.25, -0.2) is 9.97 Å². The number of amides is 1. The summed E-state index contributed by atoms with van der Waals surface area (Å²) in [5, 5.41) is 13.5. The molecular formula is C13H10Cl3N3O2. The first-order chi connectivity index (χ1) is 9.97. The van der Waals surface area contributed by atoms with Crippen molar-refractivity contribution in [1.82, 2.24) is 15.3 Å². The van der Waals surface area contributed by atoms with E-state index in [1.54, 1.807) is 18.2 Å². The number of nitrogens with zero attached hydrogens (tertiary/aromatic N) is 2. The maximum absolute atomic E-state index is 11.9. The lowest BCUT2D eigenvalue weighted by Crippen LogP contribution is -2.29. The fourth-order valence-corrected chi connectivity index (χ4v) is 2.37. The summed E-state index contributed by atoms with van der Waals surface area (Å²) < 4.78 is 0. The number of nitrogens with one attached hydrogen (secondary N) is 1. The van der Waals surface area contributed by atoms with E-state index in [4.69, 9.17) is 34.8 Å². The van der Waals surface area contributed by atoms with Gasteiger partial charge in [-0.3, -0.25) is 4.79 Å². The van der Waals surface area contributed by atoms with Crippen molar-refractivity contribution in [2.24, 2.45) is 0 Å². The summed E-state index contributed by atoms with van der Waals surface area (Å²) >= 11 is 17.5. The van der Waals surface area contributed by atoms with Gasteiger partial charge in [-0.15, -0.1) is 0 Å². The van der Waals surface area contributed by atoms with Crippen LogP contribution in [0.2, 0.25) is 15.1 Å². The quantitative estimate of drug-likeness (QED) is 0.892. The SMILES string of the molecule is O=C(NCC(O)c1cc(Cl)cc(Cl)c1)c1ncncc1Cl. The molecule has 0 fully saturated rings. The van der Waals surface area contributed by atoms with Gasteiger partial charge in [-0.05, 0) is 23.8 Å². The van der Waals surface area contributed by atoms with Gasteiger partial charge < -0.3 is 10.4 Å². The molecule has 21 heavy (non-hydrogen) atoms. The predicted molar refractivity (Wildman–Crippen MR) is 80.8 cm³/mol. The van der Waals surface area contributed by atoms with E-state index >= 15 is 0 Å². The van der Waals surface area contributed by atoms with Crippen LogP contribution in [0.15, 0.2) is 30.7 Å². The third-order valence-corrected chi connectivity index (χ3v) is 3.32. The minimum atomic E-state index is -0.953. The average Bonchev–Trinajstić information content (AvgIpc) is 2.43. The summed E-state index contributed by atoms with van der Waals surface area (Å²) in [4.78, 5) is 19.4. The highest BCUT2D eigenvalue weighted by molar-refractivity contribution is 6.34. The van der Waals surface area contributed by atoms with E-state index < -0.39 is 12.0 Å². The lowest BCUT2D eigenvalue weighted by molar-refractivity contribution is 0.0911. The smallest absolute Gasteiger partial charge is 0.271 e. The highest BCUT2D eigenvalue weighted by Gasteiger charge is 2.15. The van der Waals surface area contributed by atoms with Crippen LogP contribution >= 0.6 is 34.8 Å². The summed E-state index contributed by atoms with van der Waals surface area (Å²) in [6.45, 7) is -0.0319. The molecule has 1 heterocycles. The van der Waals surface area contributed by atoms with Crippen molar-refractivity contribution in [3.8, 4) is 0 Å². The molecule has 0 aliphatic carbocycles. The van der Waals surface area contributed by atoms with Crippen molar-refractivity contribution in [3.05, 3.63) is 57.0 Å². The second-order valence-corrected chi connectivity index (χ2v) is 5.43. The molecule has 1 unspecified atom stereocenters. The van der Waals surface area contributed by atoms with Crippen molar-refractivity contribution in [3.63, 3.8) is 0 Å². The molecule has 0 spiro atoms. The van der Waals surface area contributed by atoms with Crippen LogP contribution in [0.4, 0.5) is 0 Å². The summed E-state index contributed by atoms with van der Waals surface area (Å²) in [6.07, 6.45) is 1.58. The zero-order valence-corrected chi connectivity index (χ0v) is 12.8. The second kappa shape index (κ2) is 7.04. The first-order valence-electron chi connectivity index (χ1n) is 5.85. The van der Waals surface area contributed by atoms with Crippen molar-refractivity contribution in [2.75, 3.05) is 6.54 Å². The van der Waals surface area contributed by atoms with Gasteiger partial charge in [0.25, 0.3) is 5.91 Å². The van der Waals surface area contributed by atoms with Gasteiger partial charge in [0.2, 0.25) is 0 Å². The fourth-order valence-electron chi connectivity index (χ4n) is 1.64. The molecule has 0 aliphatic heterocycles. The van der Waals surface area contributed by atoms with Crippen LogP contribution in [0.3, 0.4) is 0 Å². The minimum absolute atomic E-state index is 0.0319. The molecule has 0 saturated heterocycles. The number of aliphatic hydroxyl groups excluding tert-OH is 1. The number of hydrogen-bond acceptors (Lipinski definition) is 4. The Kier molecular flexibility index (Phi) is 5.36. The molecule has 1 atom stereocenters. The van der Waals surface area contributed by atoms with Crippen LogP contribution in [-0.2, 0) is 0 Å². The highest BCUT2D eigenvalue weighted by atomic mass is 35.5. The van der Waals surface area contributed by atoms with Crippen LogP contribution in [-0.4, -0.2) is 27.5 Å². The number of halogens is 3. The Morgan fingerprint density at radius 3 is 2.52 bits per heavy atom. The molecule has 0 aliphatic rings. The number of benzene rings is 1. The van der Waals surface area contributed by atoms with Gasteiger partial charge in [-0.1, -0.05) is 34.8 Å². The number of aromatic nitrogens is 2. The van der Waals surface area contributed by atoms with Crippen LogP contribution in [0.1, 0.15) is 22.2 Å². The number of carbonyl (C=O) groups excluding carboxylic acids is 1. The molecule has 8 heteroatoms. The molecule has 0 radical (unpaired) electrons. The number of hydrogen-bond donors (Lipinski definition) is 2. The molecular weight excluding hydrogens is 337 g/mol. The standard InChI is InChI=1S/C13H10Cl3N3O2/c14-8-1-7(2-9(15)3-8)11(20)5-18-13(21)12-10(16)4-17-6-19-12/h1-4,6,11,20H,5H2,(H,18,21). The molecule has 1 amide bonds. The van der Waals surface area contributed by atoms with Gasteiger partial charge >= 0.3 is 0 Å². The highest BCUT2D eigenvalue weighted by Crippen LogP contribution is 2.23. The first kappa shape index (κ1) is 16.0. The predicted octanol–water partition coefficient (Wildman–Crippen LogP) is 2.90. The van der Waals surface area contributed by atoms with E-state index in [0.29, 0.717) is 15.6 Å². The monoisotopic (exact) mass is 345 g/mol. The Hall–Kier alpha value is -1.40. The molecule has 2 aromatic rings. The molecule has 110 valence electrons. The summed E-state index contributed by atoms with van der Waals surface area (Å²) in [5.74, 6) is -0.505. The van der Waals surface area contributed by atoms with Gasteiger partial charge in [0.15, 0.2) is 0 Å². The van der Waals surface area contributed by atoms with E-state index in [1.807, 2.05) is 0 Å². The molecule has 2 rings (SSSR count). The molecule has 0 bridgehead atoms. The normalized spacial score (nSPS) is 12.0. The Labute approximate surface area is 135 Å². The van der Waals surface area contributed by atoms with Crippen LogP contribution in [0.5, 0.6) is 0 Å². The third kappa shape index (κ3) is 4.28. The molecule has 5 nitrogen and oxygen atoms in total. The number of rotatable bonds is 4. The Bertz CT molecular complexity index is 647. The summed E-state index contributed by atoms with van der Waals surface area (Å²) in [5.41, 5.74) is 0.546. The van der Waals surface area contributed by atoms with Crippen LogP contribution in [0.25, 0.3) is 0 Å². The van der Waals surface area contributed by atoms with Crippen molar-refractivity contribution < 1.29 is 9.90 Å². The molecule has 2 N–H and O–H groups in total. The molecule has 1 aromatic heterocycles. The van der Waals surface area contributed by atoms with Crippen molar-refractivity contribution in [1.29, 1.82) is 0 Å². The van der Waals surface area contributed by atoms with Gasteiger partial charge in [0, 0.05) is 22.8 Å². The zero-order chi connectivity index (χ0) is 15.4.